The van der Waals surface area contributed by atoms with Crippen molar-refractivity contribution in [3.63, 3.8) is 0 Å². The van der Waals surface area contributed by atoms with Crippen LogP contribution in [-0.2, 0) is 9.53 Å². The number of hydrogen-bond donors (Lipinski definition) is 2. The summed E-state index contributed by atoms with van der Waals surface area (Å²) in [6.07, 6.45) is 2.01. The van der Waals surface area contributed by atoms with E-state index in [0.29, 0.717) is 34.9 Å². The Morgan fingerprint density at radius 1 is 1.26 bits per heavy atom. The summed E-state index contributed by atoms with van der Waals surface area (Å²) in [6, 6.07) is 4.19. The van der Waals surface area contributed by atoms with Crippen molar-refractivity contribution in [2.24, 2.45) is 5.92 Å². The molecular formula is C20H28N2O5. The van der Waals surface area contributed by atoms with Crippen LogP contribution in [0.5, 0.6) is 11.5 Å². The maximum atomic E-state index is 12.8. The Morgan fingerprint density at radius 2 is 2.00 bits per heavy atom. The molecule has 1 aromatic carbocycles. The monoisotopic (exact) mass is 376 g/mol. The number of methoxy groups -OCH3 is 2. The number of urea groups is 1. The average molecular weight is 376 g/mol. The Labute approximate surface area is 160 Å². The van der Waals surface area contributed by atoms with E-state index in [1.165, 1.54) is 7.11 Å². The summed E-state index contributed by atoms with van der Waals surface area (Å²) in [4.78, 5) is 24.8. The summed E-state index contributed by atoms with van der Waals surface area (Å²) in [5.41, 5.74) is 1.48. The molecule has 2 atom stereocenters. The van der Waals surface area contributed by atoms with Crippen molar-refractivity contribution in [1.29, 1.82) is 0 Å². The molecule has 0 aliphatic carbocycles. The number of ether oxygens (including phenoxy) is 3. The number of benzene rings is 1. The molecule has 0 fully saturated rings. The molecule has 7 nitrogen and oxygen atoms in total. The van der Waals surface area contributed by atoms with Crippen LogP contribution in [0.4, 0.5) is 4.79 Å². The highest BCUT2D eigenvalue weighted by molar-refractivity contribution is 5.95. The molecule has 0 radical (unpaired) electrons. The van der Waals surface area contributed by atoms with Crippen molar-refractivity contribution in [2.75, 3.05) is 20.8 Å². The number of esters is 1. The molecule has 2 amide bonds. The summed E-state index contributed by atoms with van der Waals surface area (Å²) in [5, 5.41) is 5.44. The molecule has 2 N–H and O–H groups in total. The third-order valence-electron chi connectivity index (χ3n) is 4.52. The highest BCUT2D eigenvalue weighted by Gasteiger charge is 2.34. The van der Waals surface area contributed by atoms with Gasteiger partial charge in [0, 0.05) is 17.3 Å². The second kappa shape index (κ2) is 9.30. The molecule has 1 heterocycles. The summed E-state index contributed by atoms with van der Waals surface area (Å²) in [6.45, 7) is 6.16. The lowest BCUT2D eigenvalue weighted by Crippen LogP contribution is -2.45. The highest BCUT2D eigenvalue weighted by atomic mass is 16.5. The first kappa shape index (κ1) is 20.6. The first-order valence-electron chi connectivity index (χ1n) is 9.08. The second-order valence-corrected chi connectivity index (χ2v) is 6.67. The second-order valence-electron chi connectivity index (χ2n) is 6.67. The van der Waals surface area contributed by atoms with Gasteiger partial charge >= 0.3 is 12.0 Å². The van der Waals surface area contributed by atoms with Gasteiger partial charge in [-0.3, -0.25) is 0 Å². The van der Waals surface area contributed by atoms with E-state index in [2.05, 4.69) is 17.6 Å². The lowest BCUT2D eigenvalue weighted by molar-refractivity contribution is -0.140. The summed E-state index contributed by atoms with van der Waals surface area (Å²) in [5.74, 6) is 0.957. The zero-order chi connectivity index (χ0) is 20.0. The van der Waals surface area contributed by atoms with Gasteiger partial charge in [-0.1, -0.05) is 20.3 Å². The fraction of sp³-hybridized carbons (Fsp3) is 0.500. The molecule has 0 spiro atoms. The van der Waals surface area contributed by atoms with Gasteiger partial charge < -0.3 is 24.8 Å². The van der Waals surface area contributed by atoms with Gasteiger partial charge in [-0.25, -0.2) is 9.59 Å². The lowest BCUT2D eigenvalue weighted by atomic mass is 9.94. The van der Waals surface area contributed by atoms with Crippen molar-refractivity contribution in [1.82, 2.24) is 10.6 Å². The molecule has 27 heavy (non-hydrogen) atoms. The minimum Gasteiger partial charge on any atom is -0.497 e. The minimum atomic E-state index is -0.673. The molecule has 1 aliphatic heterocycles. The third-order valence-corrected chi connectivity index (χ3v) is 4.52. The molecule has 0 saturated heterocycles. The molecule has 1 aliphatic rings. The summed E-state index contributed by atoms with van der Waals surface area (Å²) in [7, 11) is 3.09. The fourth-order valence-electron chi connectivity index (χ4n) is 3.13. The fourth-order valence-corrected chi connectivity index (χ4v) is 3.13. The zero-order valence-electron chi connectivity index (χ0n) is 16.5. The Hall–Kier alpha value is -2.70. The Bertz CT molecular complexity index is 729. The molecule has 2 rings (SSSR count). The minimum absolute atomic E-state index is 0.278. The van der Waals surface area contributed by atoms with Crippen LogP contribution < -0.4 is 20.1 Å². The van der Waals surface area contributed by atoms with Crippen LogP contribution in [-0.4, -0.2) is 32.8 Å². The first-order valence-corrected chi connectivity index (χ1v) is 9.08. The van der Waals surface area contributed by atoms with Gasteiger partial charge in [0.2, 0.25) is 0 Å². The molecule has 0 bridgehead atoms. The van der Waals surface area contributed by atoms with Crippen molar-refractivity contribution in [2.45, 2.75) is 39.7 Å². The number of carbonyl (C=O) groups is 2. The van der Waals surface area contributed by atoms with Gasteiger partial charge in [0.05, 0.1) is 32.4 Å². The van der Waals surface area contributed by atoms with Crippen LogP contribution in [0.3, 0.4) is 0 Å². The quantitative estimate of drug-likeness (QED) is 0.680. The SMILES string of the molecule is CCC[C@H](C)COC(=O)C1=C(C)NC(=O)N[C@@H]1c1ccc(OC)cc1OC. The van der Waals surface area contributed by atoms with Crippen molar-refractivity contribution < 1.29 is 23.8 Å². The van der Waals surface area contributed by atoms with E-state index in [9.17, 15) is 9.59 Å². The first-order chi connectivity index (χ1) is 12.9. The Morgan fingerprint density at radius 3 is 2.63 bits per heavy atom. The van der Waals surface area contributed by atoms with E-state index in [1.54, 1.807) is 32.2 Å². The maximum Gasteiger partial charge on any atom is 0.338 e. The highest BCUT2D eigenvalue weighted by Crippen LogP contribution is 2.35. The molecule has 7 heteroatoms. The van der Waals surface area contributed by atoms with Crippen LogP contribution in [0.2, 0.25) is 0 Å². The van der Waals surface area contributed by atoms with Gasteiger partial charge in [0.25, 0.3) is 0 Å². The van der Waals surface area contributed by atoms with Gasteiger partial charge in [0.1, 0.15) is 11.5 Å². The number of allylic oxidation sites excluding steroid dienone is 1. The Balaban J connectivity index is 2.34. The van der Waals surface area contributed by atoms with Gasteiger partial charge in [0.15, 0.2) is 0 Å². The van der Waals surface area contributed by atoms with Crippen LogP contribution in [0, 0.1) is 5.92 Å². The van der Waals surface area contributed by atoms with Crippen LogP contribution >= 0.6 is 0 Å². The number of hydrogen-bond acceptors (Lipinski definition) is 5. The molecule has 1 aromatic rings. The van der Waals surface area contributed by atoms with E-state index in [-0.39, 0.29) is 11.9 Å². The van der Waals surface area contributed by atoms with E-state index < -0.39 is 12.0 Å². The summed E-state index contributed by atoms with van der Waals surface area (Å²) < 4.78 is 16.2. The molecule has 148 valence electrons. The largest absolute Gasteiger partial charge is 0.497 e. The standard InChI is InChI=1S/C20H28N2O5/c1-6-7-12(2)11-27-19(23)17-13(3)21-20(24)22-18(17)15-9-8-14(25-4)10-16(15)26-5/h8-10,12,18H,6-7,11H2,1-5H3,(H2,21,22,24)/t12-,18+/m0/s1. The van der Waals surface area contributed by atoms with Crippen molar-refractivity contribution >= 4 is 12.0 Å². The van der Waals surface area contributed by atoms with Crippen LogP contribution in [0.1, 0.15) is 45.2 Å². The average Bonchev–Trinajstić information content (AvgIpc) is 2.65. The molecule has 0 aromatic heterocycles. The predicted octanol–water partition coefficient (Wildman–Crippen LogP) is 3.31. The van der Waals surface area contributed by atoms with Gasteiger partial charge in [-0.2, -0.15) is 0 Å². The topological polar surface area (TPSA) is 85.9 Å². The van der Waals surface area contributed by atoms with Gasteiger partial charge in [-0.15, -0.1) is 0 Å². The maximum absolute atomic E-state index is 12.8. The number of rotatable bonds is 8. The normalized spacial score (nSPS) is 17.7. The number of amides is 2. The van der Waals surface area contributed by atoms with E-state index >= 15 is 0 Å². The smallest absolute Gasteiger partial charge is 0.338 e. The van der Waals surface area contributed by atoms with Crippen LogP contribution in [0.25, 0.3) is 0 Å². The molecular weight excluding hydrogens is 348 g/mol. The van der Waals surface area contributed by atoms with E-state index in [1.807, 2.05) is 6.92 Å². The summed E-state index contributed by atoms with van der Waals surface area (Å²) >= 11 is 0. The predicted molar refractivity (Wildman–Crippen MR) is 102 cm³/mol. The zero-order valence-corrected chi connectivity index (χ0v) is 16.5. The Kier molecular flexibility index (Phi) is 7.10. The van der Waals surface area contributed by atoms with Gasteiger partial charge in [-0.05, 0) is 31.4 Å². The van der Waals surface area contributed by atoms with E-state index in [0.717, 1.165) is 12.8 Å². The number of carbonyl (C=O) groups excluding carboxylic acids is 2. The van der Waals surface area contributed by atoms with Crippen LogP contribution in [0.15, 0.2) is 29.5 Å². The van der Waals surface area contributed by atoms with Crippen molar-refractivity contribution in [3.05, 3.63) is 35.0 Å². The van der Waals surface area contributed by atoms with Crippen molar-refractivity contribution in [3.8, 4) is 11.5 Å². The third kappa shape index (κ3) is 4.93. The lowest BCUT2D eigenvalue weighted by Gasteiger charge is -2.29. The molecule has 0 saturated carbocycles. The number of nitrogens with one attached hydrogen (secondary N) is 2. The molecule has 0 unspecified atom stereocenters. The van der Waals surface area contributed by atoms with E-state index in [4.69, 9.17) is 14.2 Å².